The van der Waals surface area contributed by atoms with Gasteiger partial charge < -0.3 is 9.88 Å². The zero-order valence-electron chi connectivity index (χ0n) is 10.7. The van der Waals surface area contributed by atoms with Crippen LogP contribution in [0.3, 0.4) is 0 Å². The van der Waals surface area contributed by atoms with E-state index in [1.54, 1.807) is 6.20 Å². The number of imidazole rings is 1. The zero-order chi connectivity index (χ0) is 14.8. The minimum atomic E-state index is -4.45. The van der Waals surface area contributed by atoms with Gasteiger partial charge in [0, 0.05) is 31.2 Å². The van der Waals surface area contributed by atoms with Crippen LogP contribution in [0.2, 0.25) is 5.02 Å². The third-order valence-electron chi connectivity index (χ3n) is 2.88. The number of aromatic nitrogens is 2. The highest BCUT2D eigenvalue weighted by atomic mass is 35.5. The van der Waals surface area contributed by atoms with Crippen molar-refractivity contribution >= 4 is 17.3 Å². The molecule has 0 aliphatic rings. The average Bonchev–Trinajstić information content (AvgIpc) is 2.76. The molecular formula is C13H13ClF3N3. The summed E-state index contributed by atoms with van der Waals surface area (Å²) in [6, 6.07) is 3.79. The largest absolute Gasteiger partial charge is 0.417 e. The van der Waals surface area contributed by atoms with Gasteiger partial charge in [-0.15, -0.1) is 0 Å². The summed E-state index contributed by atoms with van der Waals surface area (Å²) in [6.45, 7) is 2.98. The molecule has 0 amide bonds. The molecule has 1 aromatic carbocycles. The molecule has 1 heterocycles. The normalized spacial score (nSPS) is 11.7. The lowest BCUT2D eigenvalue weighted by atomic mass is 10.2. The van der Waals surface area contributed by atoms with E-state index in [0.29, 0.717) is 18.8 Å². The van der Waals surface area contributed by atoms with Gasteiger partial charge in [-0.25, -0.2) is 4.98 Å². The summed E-state index contributed by atoms with van der Waals surface area (Å²) in [6.07, 6.45) is -0.949. The first-order chi connectivity index (χ1) is 9.38. The van der Waals surface area contributed by atoms with Crippen molar-refractivity contribution in [2.24, 2.45) is 0 Å². The third-order valence-corrected chi connectivity index (χ3v) is 3.21. The van der Waals surface area contributed by atoms with Gasteiger partial charge >= 0.3 is 6.18 Å². The number of nitrogens with zero attached hydrogens (tertiary/aromatic N) is 2. The average molecular weight is 304 g/mol. The third kappa shape index (κ3) is 3.45. The zero-order valence-corrected chi connectivity index (χ0v) is 11.5. The van der Waals surface area contributed by atoms with Crippen LogP contribution in [-0.2, 0) is 12.7 Å². The Morgan fingerprint density at radius 1 is 1.35 bits per heavy atom. The van der Waals surface area contributed by atoms with Gasteiger partial charge in [0.2, 0.25) is 0 Å². The van der Waals surface area contributed by atoms with Crippen molar-refractivity contribution in [2.75, 3.05) is 11.9 Å². The van der Waals surface area contributed by atoms with Crippen molar-refractivity contribution in [1.82, 2.24) is 9.55 Å². The van der Waals surface area contributed by atoms with Crippen LogP contribution in [0.5, 0.6) is 0 Å². The van der Waals surface area contributed by atoms with Crippen molar-refractivity contribution < 1.29 is 13.2 Å². The first kappa shape index (κ1) is 14.7. The quantitative estimate of drug-likeness (QED) is 0.926. The molecule has 0 saturated heterocycles. The molecule has 0 spiro atoms. The molecular weight excluding hydrogens is 291 g/mol. The SMILES string of the molecule is Cc1nccn1CCNc1ccc(Cl)c(C(F)(F)F)c1. The van der Waals surface area contributed by atoms with E-state index in [1.165, 1.54) is 12.1 Å². The second-order valence-electron chi connectivity index (χ2n) is 4.29. The number of hydrogen-bond acceptors (Lipinski definition) is 2. The first-order valence-electron chi connectivity index (χ1n) is 5.96. The molecule has 7 heteroatoms. The van der Waals surface area contributed by atoms with E-state index in [-0.39, 0.29) is 5.02 Å². The fourth-order valence-corrected chi connectivity index (χ4v) is 2.04. The van der Waals surface area contributed by atoms with Gasteiger partial charge in [0.25, 0.3) is 0 Å². The highest BCUT2D eigenvalue weighted by molar-refractivity contribution is 6.31. The maximum atomic E-state index is 12.7. The molecule has 0 atom stereocenters. The molecule has 0 saturated carbocycles. The van der Waals surface area contributed by atoms with Crippen molar-refractivity contribution in [3.63, 3.8) is 0 Å². The maximum absolute atomic E-state index is 12.7. The van der Waals surface area contributed by atoms with Crippen LogP contribution in [0.15, 0.2) is 30.6 Å². The molecule has 3 nitrogen and oxygen atoms in total. The van der Waals surface area contributed by atoms with Crippen molar-refractivity contribution in [2.45, 2.75) is 19.6 Å². The van der Waals surface area contributed by atoms with Gasteiger partial charge in [-0.1, -0.05) is 11.6 Å². The Kier molecular flexibility index (Phi) is 4.23. The number of rotatable bonds is 4. The number of alkyl halides is 3. The van der Waals surface area contributed by atoms with E-state index in [2.05, 4.69) is 10.3 Å². The smallest absolute Gasteiger partial charge is 0.383 e. The number of benzene rings is 1. The summed E-state index contributed by atoms with van der Waals surface area (Å²) in [5.74, 6) is 0.860. The topological polar surface area (TPSA) is 29.9 Å². The molecule has 1 aromatic heterocycles. The van der Waals surface area contributed by atoms with E-state index in [9.17, 15) is 13.2 Å². The summed E-state index contributed by atoms with van der Waals surface area (Å²) >= 11 is 5.56. The number of hydrogen-bond donors (Lipinski definition) is 1. The summed E-state index contributed by atoms with van der Waals surface area (Å²) in [5.41, 5.74) is -0.442. The minimum absolute atomic E-state index is 0.298. The van der Waals surface area contributed by atoms with Crippen LogP contribution in [0.1, 0.15) is 11.4 Å². The van der Waals surface area contributed by atoms with Gasteiger partial charge in [-0.2, -0.15) is 13.2 Å². The lowest BCUT2D eigenvalue weighted by molar-refractivity contribution is -0.137. The maximum Gasteiger partial charge on any atom is 0.417 e. The van der Waals surface area contributed by atoms with Crippen LogP contribution in [0.4, 0.5) is 18.9 Å². The molecule has 20 heavy (non-hydrogen) atoms. The van der Waals surface area contributed by atoms with Crippen molar-refractivity contribution in [1.29, 1.82) is 0 Å². The van der Waals surface area contributed by atoms with Gasteiger partial charge in [-0.05, 0) is 25.1 Å². The van der Waals surface area contributed by atoms with Crippen LogP contribution in [-0.4, -0.2) is 16.1 Å². The lowest BCUT2D eigenvalue weighted by Crippen LogP contribution is -2.12. The highest BCUT2D eigenvalue weighted by Crippen LogP contribution is 2.36. The van der Waals surface area contributed by atoms with Crippen LogP contribution < -0.4 is 5.32 Å². The molecule has 0 radical (unpaired) electrons. The molecule has 0 aliphatic carbocycles. The van der Waals surface area contributed by atoms with Crippen molar-refractivity contribution in [3.8, 4) is 0 Å². The van der Waals surface area contributed by atoms with E-state index in [4.69, 9.17) is 11.6 Å². The second kappa shape index (κ2) is 5.75. The molecule has 1 N–H and O–H groups in total. The fraction of sp³-hybridized carbons (Fsp3) is 0.308. The van der Waals surface area contributed by atoms with E-state index in [0.717, 1.165) is 11.9 Å². The lowest BCUT2D eigenvalue weighted by Gasteiger charge is -2.13. The Bertz CT molecular complexity index is 593. The first-order valence-corrected chi connectivity index (χ1v) is 6.34. The molecule has 2 rings (SSSR count). The van der Waals surface area contributed by atoms with E-state index < -0.39 is 11.7 Å². The summed E-state index contributed by atoms with van der Waals surface area (Å²) in [5, 5.41) is 2.64. The Balaban J connectivity index is 2.02. The van der Waals surface area contributed by atoms with Crippen LogP contribution in [0, 0.1) is 6.92 Å². The predicted octanol–water partition coefficient (Wildman–Crippen LogP) is 3.98. The molecule has 2 aromatic rings. The molecule has 0 bridgehead atoms. The minimum Gasteiger partial charge on any atom is -0.383 e. The Labute approximate surface area is 119 Å². The Hall–Kier alpha value is -1.69. The standard InChI is InChI=1S/C13H13ClF3N3/c1-9-18-4-6-20(9)7-5-19-10-2-3-12(14)11(8-10)13(15,16)17/h2-4,6,8,19H,5,7H2,1H3. The summed E-state index contributed by atoms with van der Waals surface area (Å²) in [7, 11) is 0. The van der Waals surface area contributed by atoms with Gasteiger partial charge in [0.15, 0.2) is 0 Å². The number of aryl methyl sites for hydroxylation is 1. The highest BCUT2D eigenvalue weighted by Gasteiger charge is 2.33. The van der Waals surface area contributed by atoms with Crippen molar-refractivity contribution in [3.05, 3.63) is 47.0 Å². The number of anilines is 1. The Morgan fingerprint density at radius 3 is 2.70 bits per heavy atom. The molecule has 108 valence electrons. The van der Waals surface area contributed by atoms with Gasteiger partial charge in [0.05, 0.1) is 10.6 Å². The van der Waals surface area contributed by atoms with Crippen LogP contribution >= 0.6 is 11.6 Å². The van der Waals surface area contributed by atoms with Crippen LogP contribution in [0.25, 0.3) is 0 Å². The number of halogens is 4. The molecule has 0 unspecified atom stereocenters. The molecule has 0 fully saturated rings. The molecule has 0 aliphatic heterocycles. The van der Waals surface area contributed by atoms with Gasteiger partial charge in [0.1, 0.15) is 5.82 Å². The summed E-state index contributed by atoms with van der Waals surface area (Å²) in [4.78, 5) is 4.07. The van der Waals surface area contributed by atoms with Gasteiger partial charge in [-0.3, -0.25) is 0 Å². The monoisotopic (exact) mass is 303 g/mol. The van der Waals surface area contributed by atoms with E-state index in [1.807, 2.05) is 17.7 Å². The van der Waals surface area contributed by atoms with E-state index >= 15 is 0 Å². The Morgan fingerprint density at radius 2 is 2.10 bits per heavy atom. The second-order valence-corrected chi connectivity index (χ2v) is 4.69. The predicted molar refractivity (Wildman–Crippen MR) is 71.9 cm³/mol. The fourth-order valence-electron chi connectivity index (χ4n) is 1.81. The summed E-state index contributed by atoms with van der Waals surface area (Å²) < 4.78 is 40.0. The number of nitrogens with one attached hydrogen (secondary N) is 1.